The van der Waals surface area contributed by atoms with Gasteiger partial charge in [-0.2, -0.15) is 5.10 Å². The number of amides is 2. The van der Waals surface area contributed by atoms with Crippen LogP contribution in [-0.2, 0) is 4.79 Å². The van der Waals surface area contributed by atoms with Crippen molar-refractivity contribution in [2.24, 2.45) is 5.10 Å². The molecule has 2 amide bonds. The van der Waals surface area contributed by atoms with Crippen LogP contribution in [0.5, 0.6) is 0 Å². The number of nitrogens with zero attached hydrogens (tertiary/aromatic N) is 1. The molecule has 0 heterocycles. The number of carbonyl (C=O) groups is 2. The monoisotopic (exact) mass is 335 g/mol. The highest BCUT2D eigenvalue weighted by Crippen LogP contribution is 2.03. The van der Waals surface area contributed by atoms with Gasteiger partial charge in [-0.15, -0.1) is 0 Å². The van der Waals surface area contributed by atoms with E-state index in [0.717, 1.165) is 11.1 Å². The zero-order chi connectivity index (χ0) is 18.1. The SMILES string of the molecule is CC(/C=C/c1ccccc1)=N/NC(=O)CNC(=O)c1cccc(C)c1. The highest BCUT2D eigenvalue weighted by Gasteiger charge is 2.07. The van der Waals surface area contributed by atoms with Crippen molar-refractivity contribution in [1.82, 2.24) is 10.7 Å². The molecular weight excluding hydrogens is 314 g/mol. The molecule has 0 saturated heterocycles. The molecule has 0 saturated carbocycles. The van der Waals surface area contributed by atoms with E-state index < -0.39 is 0 Å². The molecule has 2 rings (SSSR count). The first kappa shape index (κ1) is 18.1. The molecule has 0 bridgehead atoms. The Morgan fingerprint density at radius 3 is 2.56 bits per heavy atom. The topological polar surface area (TPSA) is 70.6 Å². The third-order valence-corrected chi connectivity index (χ3v) is 3.36. The van der Waals surface area contributed by atoms with Gasteiger partial charge >= 0.3 is 0 Å². The quantitative estimate of drug-likeness (QED) is 0.629. The van der Waals surface area contributed by atoms with Crippen molar-refractivity contribution < 1.29 is 9.59 Å². The van der Waals surface area contributed by atoms with Crippen LogP contribution in [0.25, 0.3) is 6.08 Å². The second kappa shape index (κ2) is 9.17. The van der Waals surface area contributed by atoms with Crippen LogP contribution in [-0.4, -0.2) is 24.1 Å². The molecule has 0 spiro atoms. The highest BCUT2D eigenvalue weighted by molar-refractivity contribution is 5.98. The summed E-state index contributed by atoms with van der Waals surface area (Å²) in [5, 5.41) is 6.55. The van der Waals surface area contributed by atoms with Crippen LogP contribution in [0.4, 0.5) is 0 Å². The van der Waals surface area contributed by atoms with E-state index in [1.165, 1.54) is 0 Å². The first-order chi connectivity index (χ1) is 12.0. The lowest BCUT2D eigenvalue weighted by molar-refractivity contribution is -0.120. The molecule has 0 aliphatic carbocycles. The average molecular weight is 335 g/mol. The molecular formula is C20H21N3O2. The third-order valence-electron chi connectivity index (χ3n) is 3.36. The van der Waals surface area contributed by atoms with Crippen molar-refractivity contribution in [1.29, 1.82) is 0 Å². The molecule has 0 fully saturated rings. The Morgan fingerprint density at radius 1 is 1.08 bits per heavy atom. The molecule has 0 radical (unpaired) electrons. The predicted molar refractivity (Wildman–Crippen MR) is 100 cm³/mol. The van der Waals surface area contributed by atoms with Crippen molar-refractivity contribution in [2.75, 3.05) is 6.54 Å². The molecule has 0 aliphatic rings. The maximum atomic E-state index is 12.0. The molecule has 2 aromatic rings. The van der Waals surface area contributed by atoms with Gasteiger partial charge in [0.1, 0.15) is 0 Å². The van der Waals surface area contributed by atoms with E-state index in [-0.39, 0.29) is 18.4 Å². The standard InChI is InChI=1S/C20H21N3O2/c1-15-7-6-10-18(13-15)20(25)21-14-19(24)23-22-16(2)11-12-17-8-4-3-5-9-17/h3-13H,14H2,1-2H3,(H,21,25)(H,23,24)/b12-11+,22-16-. The van der Waals surface area contributed by atoms with Crippen LogP contribution in [0.2, 0.25) is 0 Å². The van der Waals surface area contributed by atoms with Crippen molar-refractivity contribution in [2.45, 2.75) is 13.8 Å². The summed E-state index contributed by atoms with van der Waals surface area (Å²) in [5.74, 6) is -0.669. The zero-order valence-corrected chi connectivity index (χ0v) is 14.3. The summed E-state index contributed by atoms with van der Waals surface area (Å²) in [6.07, 6.45) is 3.71. The maximum absolute atomic E-state index is 12.0. The van der Waals surface area contributed by atoms with E-state index in [1.807, 2.05) is 49.4 Å². The van der Waals surface area contributed by atoms with Gasteiger partial charge in [-0.3, -0.25) is 9.59 Å². The average Bonchev–Trinajstić information content (AvgIpc) is 2.63. The minimum absolute atomic E-state index is 0.133. The largest absolute Gasteiger partial charge is 0.343 e. The van der Waals surface area contributed by atoms with Gasteiger partial charge in [-0.25, -0.2) is 5.43 Å². The van der Waals surface area contributed by atoms with E-state index >= 15 is 0 Å². The lowest BCUT2D eigenvalue weighted by atomic mass is 10.1. The summed E-state index contributed by atoms with van der Waals surface area (Å²) in [5.41, 5.74) is 5.64. The predicted octanol–water partition coefficient (Wildman–Crippen LogP) is 2.93. The van der Waals surface area contributed by atoms with E-state index in [4.69, 9.17) is 0 Å². The number of rotatable bonds is 6. The van der Waals surface area contributed by atoms with Gasteiger partial charge in [0.05, 0.1) is 12.3 Å². The Labute approximate surface area is 147 Å². The van der Waals surface area contributed by atoms with E-state index in [2.05, 4.69) is 15.8 Å². The van der Waals surface area contributed by atoms with Gasteiger partial charge in [-0.1, -0.05) is 54.1 Å². The first-order valence-electron chi connectivity index (χ1n) is 7.96. The van der Waals surface area contributed by atoms with Gasteiger partial charge in [0.15, 0.2) is 0 Å². The molecule has 0 atom stereocenters. The molecule has 128 valence electrons. The minimum Gasteiger partial charge on any atom is -0.343 e. The number of nitrogens with one attached hydrogen (secondary N) is 2. The van der Waals surface area contributed by atoms with E-state index in [0.29, 0.717) is 11.3 Å². The minimum atomic E-state index is -0.381. The number of carbonyl (C=O) groups excluding carboxylic acids is 2. The molecule has 5 heteroatoms. The fourth-order valence-electron chi connectivity index (χ4n) is 2.06. The van der Waals surface area contributed by atoms with Gasteiger partial charge in [0, 0.05) is 5.56 Å². The van der Waals surface area contributed by atoms with Gasteiger partial charge < -0.3 is 5.32 Å². The third kappa shape index (κ3) is 6.43. The summed E-state index contributed by atoms with van der Waals surface area (Å²) in [4.78, 5) is 23.7. The number of benzene rings is 2. The number of aryl methyl sites for hydroxylation is 1. The second-order valence-corrected chi connectivity index (χ2v) is 5.58. The Balaban J connectivity index is 1.79. The van der Waals surface area contributed by atoms with Crippen LogP contribution in [0.1, 0.15) is 28.4 Å². The number of allylic oxidation sites excluding steroid dienone is 1. The van der Waals surface area contributed by atoms with Crippen molar-refractivity contribution in [3.63, 3.8) is 0 Å². The molecule has 0 unspecified atom stereocenters. The zero-order valence-electron chi connectivity index (χ0n) is 14.3. The van der Waals surface area contributed by atoms with Gasteiger partial charge in [-0.05, 0) is 37.6 Å². The van der Waals surface area contributed by atoms with Crippen molar-refractivity contribution >= 4 is 23.6 Å². The highest BCUT2D eigenvalue weighted by atomic mass is 16.2. The summed E-state index contributed by atoms with van der Waals surface area (Å²) < 4.78 is 0. The molecule has 2 N–H and O–H groups in total. The summed E-state index contributed by atoms with van der Waals surface area (Å²) in [6.45, 7) is 3.56. The fraction of sp³-hybridized carbons (Fsp3) is 0.150. The van der Waals surface area contributed by atoms with E-state index in [9.17, 15) is 9.59 Å². The lowest BCUT2D eigenvalue weighted by Crippen LogP contribution is -2.35. The molecule has 0 aliphatic heterocycles. The summed E-state index contributed by atoms with van der Waals surface area (Å²) >= 11 is 0. The van der Waals surface area contributed by atoms with Crippen molar-refractivity contribution in [3.8, 4) is 0 Å². The van der Waals surface area contributed by atoms with Gasteiger partial charge in [0.25, 0.3) is 11.8 Å². The Hall–Kier alpha value is -3.21. The molecule has 25 heavy (non-hydrogen) atoms. The first-order valence-corrected chi connectivity index (χ1v) is 7.96. The maximum Gasteiger partial charge on any atom is 0.259 e. The summed E-state index contributed by atoms with van der Waals surface area (Å²) in [6, 6.07) is 17.0. The fourth-order valence-corrected chi connectivity index (χ4v) is 2.06. The van der Waals surface area contributed by atoms with Crippen LogP contribution in [0, 0.1) is 6.92 Å². The molecule has 2 aromatic carbocycles. The Morgan fingerprint density at radius 2 is 1.84 bits per heavy atom. The van der Waals surface area contributed by atoms with E-state index in [1.54, 1.807) is 31.2 Å². The van der Waals surface area contributed by atoms with Crippen LogP contribution < -0.4 is 10.7 Å². The van der Waals surface area contributed by atoms with Crippen LogP contribution in [0.3, 0.4) is 0 Å². The molecule has 0 aromatic heterocycles. The van der Waals surface area contributed by atoms with Gasteiger partial charge in [0.2, 0.25) is 0 Å². The Bertz CT molecular complexity index is 796. The van der Waals surface area contributed by atoms with Crippen LogP contribution in [0.15, 0.2) is 65.8 Å². The smallest absolute Gasteiger partial charge is 0.259 e. The number of hydrogen-bond donors (Lipinski definition) is 2. The summed E-state index contributed by atoms with van der Waals surface area (Å²) in [7, 11) is 0. The molecule has 5 nitrogen and oxygen atoms in total. The normalized spacial score (nSPS) is 11.4. The number of hydrazone groups is 1. The van der Waals surface area contributed by atoms with Crippen LogP contribution >= 0.6 is 0 Å². The Kier molecular flexibility index (Phi) is 6.65. The second-order valence-electron chi connectivity index (χ2n) is 5.58. The van der Waals surface area contributed by atoms with Crippen molar-refractivity contribution in [3.05, 3.63) is 77.4 Å². The number of hydrogen-bond acceptors (Lipinski definition) is 3. The lowest BCUT2D eigenvalue weighted by Gasteiger charge is -2.05.